The summed E-state index contributed by atoms with van der Waals surface area (Å²) in [6, 6.07) is 0. The van der Waals surface area contributed by atoms with Crippen LogP contribution in [-0.2, 0) is 4.74 Å². The van der Waals surface area contributed by atoms with Crippen molar-refractivity contribution in [2.75, 3.05) is 7.11 Å². The Kier molecular flexibility index (Phi) is 10.4. The third-order valence-electron chi connectivity index (χ3n) is 0.621. The Balaban J connectivity index is 0. The molecule has 3 radical (unpaired) electrons. The van der Waals surface area contributed by atoms with Crippen LogP contribution < -0.4 is 0 Å². The summed E-state index contributed by atoms with van der Waals surface area (Å²) in [5.41, 5.74) is 0. The number of ether oxygens (including phenoxy) is 1. The predicted octanol–water partition coefficient (Wildman–Crippen LogP) is -0.0196. The molecule has 0 saturated carbocycles. The first-order valence-corrected chi connectivity index (χ1v) is 2.02. The minimum atomic E-state index is -0.565. The van der Waals surface area contributed by atoms with Crippen LogP contribution in [0.15, 0.2) is 0 Å². The molecule has 1 unspecified atom stereocenters. The molecule has 0 aliphatic heterocycles. The predicted molar refractivity (Wildman–Crippen MR) is 29.1 cm³/mol. The summed E-state index contributed by atoms with van der Waals surface area (Å²) in [4.78, 5) is 0. The van der Waals surface area contributed by atoms with Crippen molar-refractivity contribution in [2.24, 2.45) is 0 Å². The molecule has 0 bridgehead atoms. The number of methoxy groups -OCH3 is 1. The van der Waals surface area contributed by atoms with E-state index in [2.05, 4.69) is 4.74 Å². The van der Waals surface area contributed by atoms with Crippen molar-refractivity contribution in [2.45, 2.75) is 19.6 Å². The minimum Gasteiger partial charge on any atom is -0.368 e. The van der Waals surface area contributed by atoms with Crippen LogP contribution in [-0.4, -0.2) is 44.3 Å². The van der Waals surface area contributed by atoms with Gasteiger partial charge in [0.25, 0.3) is 0 Å². The van der Waals surface area contributed by atoms with Gasteiger partial charge in [0.05, 0.1) is 0 Å². The van der Waals surface area contributed by atoms with E-state index in [1.807, 2.05) is 6.92 Å². The van der Waals surface area contributed by atoms with Crippen molar-refractivity contribution in [3.05, 3.63) is 0 Å². The molecular weight excluding hydrogens is 195 g/mol. The molecule has 1 atom stereocenters. The summed E-state index contributed by atoms with van der Waals surface area (Å²) in [6.07, 6.45) is 0.0984. The molecule has 0 aromatic rings. The first-order chi connectivity index (χ1) is 2.81. The maximum atomic E-state index is 8.44. The summed E-state index contributed by atoms with van der Waals surface area (Å²) in [5, 5.41) is 8.44. The van der Waals surface area contributed by atoms with Crippen LogP contribution in [0, 0.1) is 0 Å². The molecule has 0 spiro atoms. The smallest absolute Gasteiger partial charge is 0.153 e. The van der Waals surface area contributed by atoms with Gasteiger partial charge in [-0.05, 0) is 6.42 Å². The zero-order chi connectivity index (χ0) is 4.99. The van der Waals surface area contributed by atoms with E-state index in [1.54, 1.807) is 0 Å². The van der Waals surface area contributed by atoms with Gasteiger partial charge in [-0.2, -0.15) is 0 Å². The average molecular weight is 205 g/mol. The Bertz CT molecular complexity index is 28.9. The van der Waals surface area contributed by atoms with Gasteiger partial charge in [0.2, 0.25) is 0 Å². The van der Waals surface area contributed by atoms with E-state index in [9.17, 15) is 0 Å². The van der Waals surface area contributed by atoms with E-state index in [-0.39, 0.29) is 25.8 Å². The molecule has 0 fully saturated rings. The number of aliphatic hydroxyl groups excluding tert-OH is 1. The number of aliphatic hydroxyl groups is 1. The van der Waals surface area contributed by atoms with Gasteiger partial charge in [-0.25, -0.2) is 0 Å². The molecular formula is C4H10InO2. The molecule has 1 N–H and O–H groups in total. The quantitative estimate of drug-likeness (QED) is 0.642. The minimum absolute atomic E-state index is 0. The summed E-state index contributed by atoms with van der Waals surface area (Å²) in [7, 11) is 1.48. The monoisotopic (exact) mass is 205 g/mol. The first-order valence-electron chi connectivity index (χ1n) is 2.02. The molecule has 0 aliphatic rings. The third kappa shape index (κ3) is 6.79. The molecule has 2 nitrogen and oxygen atoms in total. The van der Waals surface area contributed by atoms with Gasteiger partial charge in [-0.1, -0.05) is 6.92 Å². The Hall–Kier alpha value is 0.790. The van der Waals surface area contributed by atoms with Gasteiger partial charge in [0.1, 0.15) is 0 Å². The average Bonchev–Trinajstić information content (AvgIpc) is 1.65. The van der Waals surface area contributed by atoms with Gasteiger partial charge in [0.15, 0.2) is 6.29 Å². The van der Waals surface area contributed by atoms with Crippen molar-refractivity contribution < 1.29 is 9.84 Å². The topological polar surface area (TPSA) is 29.5 Å². The summed E-state index contributed by atoms with van der Waals surface area (Å²) in [6.45, 7) is 1.86. The van der Waals surface area contributed by atoms with Gasteiger partial charge >= 0.3 is 0 Å². The molecule has 7 heavy (non-hydrogen) atoms. The van der Waals surface area contributed by atoms with Crippen LogP contribution in [0.25, 0.3) is 0 Å². The van der Waals surface area contributed by atoms with Crippen molar-refractivity contribution in [1.29, 1.82) is 0 Å². The standard InChI is InChI=1S/C4H10O2.In/c1-3-4(5)6-2;/h4-5H,3H2,1-2H3;. The largest absolute Gasteiger partial charge is 0.368 e. The Morgan fingerprint density at radius 3 is 2.14 bits per heavy atom. The third-order valence-corrected chi connectivity index (χ3v) is 0.621. The van der Waals surface area contributed by atoms with E-state index < -0.39 is 6.29 Å². The summed E-state index contributed by atoms with van der Waals surface area (Å²) < 4.78 is 4.45. The van der Waals surface area contributed by atoms with Crippen LogP contribution in [0.2, 0.25) is 0 Å². The SMILES string of the molecule is CCC(O)OC.[In]. The van der Waals surface area contributed by atoms with Crippen LogP contribution >= 0.6 is 0 Å². The van der Waals surface area contributed by atoms with Gasteiger partial charge < -0.3 is 9.84 Å². The van der Waals surface area contributed by atoms with E-state index in [0.29, 0.717) is 6.42 Å². The van der Waals surface area contributed by atoms with Gasteiger partial charge in [-0.3, -0.25) is 0 Å². The normalized spacial score (nSPS) is 12.4. The Labute approximate surface area is 62.6 Å². The van der Waals surface area contributed by atoms with E-state index in [1.165, 1.54) is 7.11 Å². The van der Waals surface area contributed by atoms with Gasteiger partial charge in [-0.15, -0.1) is 0 Å². The first kappa shape index (κ1) is 10.7. The number of hydrogen-bond donors (Lipinski definition) is 1. The fourth-order valence-electron chi connectivity index (χ4n) is 0.167. The van der Waals surface area contributed by atoms with Crippen molar-refractivity contribution >= 4 is 25.8 Å². The molecule has 0 saturated heterocycles. The number of hydrogen-bond acceptors (Lipinski definition) is 2. The van der Waals surface area contributed by atoms with E-state index in [0.717, 1.165) is 0 Å². The zero-order valence-electron chi connectivity index (χ0n) is 4.72. The molecule has 0 aromatic heterocycles. The molecule has 3 heteroatoms. The zero-order valence-corrected chi connectivity index (χ0v) is 8.01. The van der Waals surface area contributed by atoms with Crippen LogP contribution in [0.3, 0.4) is 0 Å². The second-order valence-corrected chi connectivity index (χ2v) is 1.10. The fraction of sp³-hybridized carbons (Fsp3) is 1.00. The van der Waals surface area contributed by atoms with Crippen molar-refractivity contribution in [1.82, 2.24) is 0 Å². The fourth-order valence-corrected chi connectivity index (χ4v) is 0.167. The number of rotatable bonds is 2. The Morgan fingerprint density at radius 2 is 2.14 bits per heavy atom. The maximum absolute atomic E-state index is 8.44. The summed E-state index contributed by atoms with van der Waals surface area (Å²) >= 11 is 0. The van der Waals surface area contributed by atoms with Crippen LogP contribution in [0.4, 0.5) is 0 Å². The summed E-state index contributed by atoms with van der Waals surface area (Å²) in [5.74, 6) is 0. The van der Waals surface area contributed by atoms with Crippen molar-refractivity contribution in [3.8, 4) is 0 Å². The molecule has 0 heterocycles. The second-order valence-electron chi connectivity index (χ2n) is 1.10. The molecule has 0 rings (SSSR count). The molecule has 0 aromatic carbocycles. The van der Waals surface area contributed by atoms with Crippen LogP contribution in [0.5, 0.6) is 0 Å². The van der Waals surface area contributed by atoms with E-state index >= 15 is 0 Å². The van der Waals surface area contributed by atoms with Crippen molar-refractivity contribution in [3.63, 3.8) is 0 Å². The van der Waals surface area contributed by atoms with E-state index in [4.69, 9.17) is 5.11 Å². The molecule has 0 aliphatic carbocycles. The second kappa shape index (κ2) is 6.79. The molecule has 0 amide bonds. The Morgan fingerprint density at radius 1 is 1.71 bits per heavy atom. The van der Waals surface area contributed by atoms with Crippen LogP contribution in [0.1, 0.15) is 13.3 Å². The van der Waals surface area contributed by atoms with Gasteiger partial charge in [0, 0.05) is 33.0 Å². The molecule has 41 valence electrons. The maximum Gasteiger partial charge on any atom is 0.153 e.